The van der Waals surface area contributed by atoms with Crippen molar-refractivity contribution in [2.45, 2.75) is 160 Å². The van der Waals surface area contributed by atoms with Crippen LogP contribution in [0.3, 0.4) is 0 Å². The number of nitrogens with zero attached hydrogens (tertiary/aromatic N) is 2. The molecule has 2 heterocycles. The van der Waals surface area contributed by atoms with Gasteiger partial charge < -0.3 is 53.8 Å². The molecule has 0 saturated carbocycles. The minimum absolute atomic E-state index is 0.0240. The van der Waals surface area contributed by atoms with Crippen molar-refractivity contribution in [2.75, 3.05) is 27.3 Å². The first-order valence-corrected chi connectivity index (χ1v) is 22.4. The monoisotopic (exact) mass is 871 g/mol. The molecular formula is C48H74N2O12. The smallest absolute Gasteiger partial charge is 0.312 e. The molecule has 0 radical (unpaired) electrons. The molecule has 14 atom stereocenters. The van der Waals surface area contributed by atoms with Gasteiger partial charge in [0.2, 0.25) is 0 Å². The lowest BCUT2D eigenvalue weighted by molar-refractivity contribution is -0.299. The van der Waals surface area contributed by atoms with Crippen LogP contribution in [-0.4, -0.2) is 130 Å². The van der Waals surface area contributed by atoms with Crippen molar-refractivity contribution in [3.63, 3.8) is 0 Å². The minimum Gasteiger partial charge on any atom is -0.493 e. The summed E-state index contributed by atoms with van der Waals surface area (Å²) in [5.41, 5.74) is -2.32. The molecule has 0 spiro atoms. The standard InChI is InChI=1S/C48H74N2O12/c1-11-38-48(8,56)43(53)32(4)40(49-58-27-19-26-57-36-23-16-13-17-24-36)30(2)29-47(7,55)44(62-46-41(52)37(50(9)10)28-31(3)59-46)33(5)42(34(6)45(54)60-38)61-39(51)25-18-22-35-20-14-12-15-21-35/h12-17,20-21,23-24,30-34,37-38,41-44,46,52-53,55-56H,11,18-19,22,25-29H2,1-10H3/b49-40+/t30-,31-,32-,33+,34-,37+,38+,41-,42+,43-,44-,46+,47?,48-/m1/s1. The van der Waals surface area contributed by atoms with Crippen molar-refractivity contribution in [1.29, 1.82) is 0 Å². The van der Waals surface area contributed by atoms with E-state index in [1.807, 2.05) is 93.5 Å². The highest BCUT2D eigenvalue weighted by atomic mass is 16.7. The van der Waals surface area contributed by atoms with E-state index in [0.717, 1.165) is 11.3 Å². The zero-order valence-corrected chi connectivity index (χ0v) is 38.5. The largest absolute Gasteiger partial charge is 0.493 e. The Morgan fingerprint density at radius 1 is 0.919 bits per heavy atom. The van der Waals surface area contributed by atoms with Gasteiger partial charge in [-0.05, 0) is 91.6 Å². The van der Waals surface area contributed by atoms with Gasteiger partial charge in [0.05, 0.1) is 42.1 Å². The molecule has 14 nitrogen and oxygen atoms in total. The highest BCUT2D eigenvalue weighted by molar-refractivity contribution is 5.88. The van der Waals surface area contributed by atoms with Crippen molar-refractivity contribution in [3.8, 4) is 5.75 Å². The summed E-state index contributed by atoms with van der Waals surface area (Å²) in [6.45, 7) is 14.0. The minimum atomic E-state index is -1.96. The third kappa shape index (κ3) is 13.7. The van der Waals surface area contributed by atoms with E-state index in [4.69, 9.17) is 28.5 Å². The van der Waals surface area contributed by atoms with Crippen LogP contribution in [0.25, 0.3) is 0 Å². The molecule has 14 heteroatoms. The van der Waals surface area contributed by atoms with Crippen molar-refractivity contribution >= 4 is 17.7 Å². The summed E-state index contributed by atoms with van der Waals surface area (Å²) in [6.07, 6.45) is -5.37. The summed E-state index contributed by atoms with van der Waals surface area (Å²) < 4.78 is 31.0. The van der Waals surface area contributed by atoms with Gasteiger partial charge in [0, 0.05) is 36.6 Å². The van der Waals surface area contributed by atoms with Gasteiger partial charge in [-0.2, -0.15) is 0 Å². The molecule has 62 heavy (non-hydrogen) atoms. The van der Waals surface area contributed by atoms with E-state index in [0.29, 0.717) is 38.0 Å². The van der Waals surface area contributed by atoms with E-state index >= 15 is 0 Å². The van der Waals surface area contributed by atoms with Crippen LogP contribution in [0.15, 0.2) is 65.8 Å². The van der Waals surface area contributed by atoms with Gasteiger partial charge in [-0.1, -0.05) is 81.4 Å². The van der Waals surface area contributed by atoms with Crippen LogP contribution in [0, 0.1) is 23.7 Å². The van der Waals surface area contributed by atoms with Gasteiger partial charge in [-0.25, -0.2) is 0 Å². The van der Waals surface area contributed by atoms with E-state index in [-0.39, 0.29) is 38.0 Å². The molecule has 0 amide bonds. The number of cyclic esters (lactones) is 1. The molecule has 2 aromatic rings. The molecule has 0 aliphatic carbocycles. The Balaban J connectivity index is 1.73. The summed E-state index contributed by atoms with van der Waals surface area (Å²) in [7, 11) is 3.72. The molecule has 2 aromatic carbocycles. The lowest BCUT2D eigenvalue weighted by Crippen LogP contribution is -2.60. The zero-order valence-electron chi connectivity index (χ0n) is 38.5. The molecule has 2 saturated heterocycles. The van der Waals surface area contributed by atoms with E-state index in [1.54, 1.807) is 34.6 Å². The van der Waals surface area contributed by atoms with Crippen LogP contribution < -0.4 is 4.74 Å². The number of hydrogen-bond donors (Lipinski definition) is 4. The fourth-order valence-corrected chi connectivity index (χ4v) is 9.03. The first-order chi connectivity index (χ1) is 29.3. The number of benzene rings is 2. The first-order valence-electron chi connectivity index (χ1n) is 22.4. The first kappa shape index (κ1) is 51.0. The van der Waals surface area contributed by atoms with Gasteiger partial charge in [0.15, 0.2) is 6.29 Å². The molecule has 348 valence electrons. The van der Waals surface area contributed by atoms with E-state index in [9.17, 15) is 30.0 Å². The van der Waals surface area contributed by atoms with Crippen LogP contribution in [0.4, 0.5) is 0 Å². The maximum absolute atomic E-state index is 14.2. The van der Waals surface area contributed by atoms with E-state index in [1.165, 1.54) is 6.92 Å². The number of likely N-dealkylation sites (N-methyl/N-ethyl adjacent to an activating group) is 1. The van der Waals surface area contributed by atoms with Crippen molar-refractivity contribution in [1.82, 2.24) is 4.90 Å². The number of aliphatic hydroxyl groups is 4. The average Bonchev–Trinajstić information content (AvgIpc) is 3.23. The Morgan fingerprint density at radius 3 is 2.19 bits per heavy atom. The fourth-order valence-electron chi connectivity index (χ4n) is 9.03. The molecule has 1 unspecified atom stereocenters. The summed E-state index contributed by atoms with van der Waals surface area (Å²) >= 11 is 0. The predicted octanol–water partition coefficient (Wildman–Crippen LogP) is 5.71. The Kier molecular flexibility index (Phi) is 19.2. The topological polar surface area (TPSA) is 186 Å². The number of esters is 2. The van der Waals surface area contributed by atoms with Crippen molar-refractivity contribution < 1.29 is 58.5 Å². The SMILES string of the molecule is CC[C@@H]1OC(=O)[C@H](C)[C@@H](OC(=O)CCCc2ccccc2)[C@H](C)[C@@H](O[C@@H]2O[C@H](C)C[C@H](N(C)C)[C@H]2O)C(C)(O)C[C@@H](C)/C(=N\OCCCOc2ccccc2)[C@@H](C)[C@@H](O)[C@]1(C)O. The highest BCUT2D eigenvalue weighted by Crippen LogP contribution is 2.39. The number of aryl methyl sites for hydroxylation is 1. The number of oxime groups is 1. The van der Waals surface area contributed by atoms with Gasteiger partial charge in [0.25, 0.3) is 0 Å². The average molecular weight is 871 g/mol. The lowest BCUT2D eigenvalue weighted by atomic mass is 9.73. The van der Waals surface area contributed by atoms with Crippen LogP contribution in [-0.2, 0) is 39.8 Å². The number of rotatable bonds is 15. The van der Waals surface area contributed by atoms with Gasteiger partial charge in [0.1, 0.15) is 36.3 Å². The summed E-state index contributed by atoms with van der Waals surface area (Å²) in [6, 6.07) is 18.8. The fraction of sp³-hybridized carbons (Fsp3) is 0.688. The van der Waals surface area contributed by atoms with Crippen molar-refractivity contribution in [3.05, 3.63) is 66.2 Å². The number of aliphatic hydroxyl groups excluding tert-OH is 2. The van der Waals surface area contributed by atoms with E-state index < -0.39 is 83.6 Å². The van der Waals surface area contributed by atoms with E-state index in [2.05, 4.69) is 5.16 Å². The molecule has 0 bridgehead atoms. The second kappa shape index (κ2) is 23.3. The summed E-state index contributed by atoms with van der Waals surface area (Å²) in [5, 5.41) is 52.8. The van der Waals surface area contributed by atoms with Gasteiger partial charge >= 0.3 is 11.9 Å². The summed E-state index contributed by atoms with van der Waals surface area (Å²) in [5.74, 6) is -4.06. The maximum Gasteiger partial charge on any atom is 0.312 e. The summed E-state index contributed by atoms with van der Waals surface area (Å²) in [4.78, 5) is 35.7. The molecule has 2 aliphatic rings. The maximum atomic E-state index is 14.2. The lowest BCUT2D eigenvalue weighted by Gasteiger charge is -2.47. The predicted molar refractivity (Wildman–Crippen MR) is 235 cm³/mol. The molecule has 2 fully saturated rings. The second-order valence-electron chi connectivity index (χ2n) is 18.2. The number of hydrogen-bond acceptors (Lipinski definition) is 14. The molecule has 4 N–H and O–H groups in total. The number of para-hydroxylation sites is 1. The van der Waals surface area contributed by atoms with Crippen LogP contribution in [0.5, 0.6) is 5.75 Å². The van der Waals surface area contributed by atoms with Crippen molar-refractivity contribution in [2.24, 2.45) is 28.8 Å². The Labute approximate surface area is 368 Å². The zero-order chi connectivity index (χ0) is 45.8. The van der Waals surface area contributed by atoms with Crippen LogP contribution in [0.2, 0.25) is 0 Å². The highest BCUT2D eigenvalue weighted by Gasteiger charge is 2.52. The van der Waals surface area contributed by atoms with Crippen LogP contribution in [0.1, 0.15) is 99.5 Å². The third-order valence-corrected chi connectivity index (χ3v) is 12.6. The number of carbonyl (C=O) groups is 2. The third-order valence-electron chi connectivity index (χ3n) is 12.6. The molecule has 0 aromatic heterocycles. The number of carbonyl (C=O) groups excluding carboxylic acids is 2. The normalized spacial score (nSPS) is 35.8. The molecule has 4 rings (SSSR count). The number of ether oxygens (including phenoxy) is 5. The van der Waals surface area contributed by atoms with Gasteiger partial charge in [-0.15, -0.1) is 0 Å². The Morgan fingerprint density at radius 2 is 1.56 bits per heavy atom. The van der Waals surface area contributed by atoms with Gasteiger partial charge in [-0.3, -0.25) is 9.59 Å². The molecular weight excluding hydrogens is 797 g/mol. The Hall–Kier alpha value is -3.63. The van der Waals surface area contributed by atoms with Crippen LogP contribution >= 0.6 is 0 Å². The second-order valence-corrected chi connectivity index (χ2v) is 18.2. The quantitative estimate of drug-likeness (QED) is 0.0971. The molecule has 2 aliphatic heterocycles. The Bertz CT molecular complexity index is 1690.